The van der Waals surface area contributed by atoms with Crippen molar-refractivity contribution in [2.75, 3.05) is 6.54 Å². The SMILES string of the molecule is CCCNC(C)c1ccc(-c2cncc(C)c2)s1. The van der Waals surface area contributed by atoms with E-state index < -0.39 is 0 Å². The molecule has 0 aliphatic carbocycles. The number of hydrogen-bond acceptors (Lipinski definition) is 3. The fourth-order valence-corrected chi connectivity index (χ4v) is 2.91. The zero-order valence-electron chi connectivity index (χ0n) is 11.2. The van der Waals surface area contributed by atoms with Crippen molar-refractivity contribution in [3.63, 3.8) is 0 Å². The maximum atomic E-state index is 4.26. The molecule has 0 saturated heterocycles. The maximum Gasteiger partial charge on any atom is 0.0386 e. The van der Waals surface area contributed by atoms with Crippen LogP contribution in [0.2, 0.25) is 0 Å². The van der Waals surface area contributed by atoms with Gasteiger partial charge in [-0.15, -0.1) is 11.3 Å². The van der Waals surface area contributed by atoms with Crippen LogP contribution in [0.15, 0.2) is 30.6 Å². The average Bonchev–Trinajstić information content (AvgIpc) is 2.85. The van der Waals surface area contributed by atoms with E-state index in [-0.39, 0.29) is 0 Å². The van der Waals surface area contributed by atoms with Crippen LogP contribution >= 0.6 is 11.3 Å². The first-order chi connectivity index (χ1) is 8.70. The van der Waals surface area contributed by atoms with Crippen molar-refractivity contribution < 1.29 is 0 Å². The lowest BCUT2D eigenvalue weighted by atomic mass is 10.2. The monoisotopic (exact) mass is 260 g/mol. The predicted molar refractivity (Wildman–Crippen MR) is 79.0 cm³/mol. The van der Waals surface area contributed by atoms with Gasteiger partial charge in [-0.05, 0) is 50.6 Å². The van der Waals surface area contributed by atoms with Gasteiger partial charge in [0.15, 0.2) is 0 Å². The van der Waals surface area contributed by atoms with Crippen molar-refractivity contribution in [2.45, 2.75) is 33.2 Å². The number of nitrogens with zero attached hydrogens (tertiary/aromatic N) is 1. The molecule has 1 atom stereocenters. The molecule has 0 aromatic carbocycles. The highest BCUT2D eigenvalue weighted by atomic mass is 32.1. The molecule has 3 heteroatoms. The number of rotatable bonds is 5. The third-order valence-corrected chi connectivity index (χ3v) is 4.23. The highest BCUT2D eigenvalue weighted by Crippen LogP contribution is 2.31. The van der Waals surface area contributed by atoms with Gasteiger partial charge in [-0.3, -0.25) is 4.98 Å². The van der Waals surface area contributed by atoms with E-state index in [9.17, 15) is 0 Å². The van der Waals surface area contributed by atoms with Gasteiger partial charge < -0.3 is 5.32 Å². The van der Waals surface area contributed by atoms with Gasteiger partial charge in [0.25, 0.3) is 0 Å². The smallest absolute Gasteiger partial charge is 0.0386 e. The van der Waals surface area contributed by atoms with Gasteiger partial charge in [-0.25, -0.2) is 0 Å². The number of thiophene rings is 1. The molecule has 0 radical (unpaired) electrons. The lowest BCUT2D eigenvalue weighted by molar-refractivity contribution is 0.578. The maximum absolute atomic E-state index is 4.26. The van der Waals surface area contributed by atoms with Crippen LogP contribution in [0.4, 0.5) is 0 Å². The molecule has 0 bridgehead atoms. The summed E-state index contributed by atoms with van der Waals surface area (Å²) in [7, 11) is 0. The van der Waals surface area contributed by atoms with E-state index in [0.29, 0.717) is 6.04 Å². The molecular formula is C15H20N2S. The molecule has 0 aliphatic rings. The van der Waals surface area contributed by atoms with Gasteiger partial charge in [-0.2, -0.15) is 0 Å². The molecule has 0 saturated carbocycles. The first-order valence-corrected chi connectivity index (χ1v) is 7.27. The van der Waals surface area contributed by atoms with E-state index in [1.165, 1.54) is 27.3 Å². The highest BCUT2D eigenvalue weighted by molar-refractivity contribution is 7.15. The summed E-state index contributed by atoms with van der Waals surface area (Å²) < 4.78 is 0. The lowest BCUT2D eigenvalue weighted by Crippen LogP contribution is -2.18. The standard InChI is InChI=1S/C15H20N2S/c1-4-7-17-12(3)14-5-6-15(18-14)13-8-11(2)9-16-10-13/h5-6,8-10,12,17H,4,7H2,1-3H3. The lowest BCUT2D eigenvalue weighted by Gasteiger charge is -2.10. The number of pyridine rings is 1. The van der Waals surface area contributed by atoms with Crippen molar-refractivity contribution in [1.29, 1.82) is 0 Å². The Bertz CT molecular complexity index is 505. The average molecular weight is 260 g/mol. The first kappa shape index (κ1) is 13.2. The summed E-state index contributed by atoms with van der Waals surface area (Å²) in [4.78, 5) is 6.94. The van der Waals surface area contributed by atoms with Gasteiger partial charge >= 0.3 is 0 Å². The molecule has 2 aromatic rings. The molecule has 0 aliphatic heterocycles. The molecule has 2 rings (SSSR count). The summed E-state index contributed by atoms with van der Waals surface area (Å²) in [5.41, 5.74) is 2.42. The second-order valence-corrected chi connectivity index (χ2v) is 5.74. The van der Waals surface area contributed by atoms with Crippen LogP contribution in [0.25, 0.3) is 10.4 Å². The van der Waals surface area contributed by atoms with Gasteiger partial charge in [0, 0.05) is 33.8 Å². The Labute approximate surface area is 113 Å². The van der Waals surface area contributed by atoms with Crippen LogP contribution in [-0.4, -0.2) is 11.5 Å². The van der Waals surface area contributed by atoms with Gasteiger partial charge in [0.1, 0.15) is 0 Å². The molecule has 2 nitrogen and oxygen atoms in total. The molecule has 2 heterocycles. The molecule has 1 unspecified atom stereocenters. The summed E-state index contributed by atoms with van der Waals surface area (Å²) in [6, 6.07) is 7.03. The van der Waals surface area contributed by atoms with Crippen LogP contribution in [0.3, 0.4) is 0 Å². The van der Waals surface area contributed by atoms with E-state index in [1.54, 1.807) is 0 Å². The summed E-state index contributed by atoms with van der Waals surface area (Å²) in [5.74, 6) is 0. The van der Waals surface area contributed by atoms with Crippen LogP contribution in [0.1, 0.15) is 36.8 Å². The molecule has 0 spiro atoms. The zero-order valence-corrected chi connectivity index (χ0v) is 12.1. The van der Waals surface area contributed by atoms with Gasteiger partial charge in [0.05, 0.1) is 0 Å². The van der Waals surface area contributed by atoms with Crippen LogP contribution in [-0.2, 0) is 0 Å². The fraction of sp³-hybridized carbons (Fsp3) is 0.400. The molecule has 96 valence electrons. The van der Waals surface area contributed by atoms with Crippen molar-refractivity contribution in [2.24, 2.45) is 0 Å². The third kappa shape index (κ3) is 3.18. The van der Waals surface area contributed by atoms with E-state index in [0.717, 1.165) is 6.54 Å². The molecular weight excluding hydrogens is 240 g/mol. The topological polar surface area (TPSA) is 24.9 Å². The fourth-order valence-electron chi connectivity index (χ4n) is 1.89. The summed E-state index contributed by atoms with van der Waals surface area (Å²) in [5, 5.41) is 3.52. The number of nitrogens with one attached hydrogen (secondary N) is 1. The summed E-state index contributed by atoms with van der Waals surface area (Å²) in [6.07, 6.45) is 5.00. The van der Waals surface area contributed by atoms with Crippen molar-refractivity contribution in [3.8, 4) is 10.4 Å². The number of aromatic nitrogens is 1. The second-order valence-electron chi connectivity index (χ2n) is 4.63. The molecule has 18 heavy (non-hydrogen) atoms. The van der Waals surface area contributed by atoms with Crippen LogP contribution < -0.4 is 5.32 Å². The zero-order chi connectivity index (χ0) is 13.0. The Morgan fingerprint density at radius 2 is 2.17 bits per heavy atom. The minimum atomic E-state index is 0.432. The molecule has 1 N–H and O–H groups in total. The predicted octanol–water partition coefficient (Wildman–Crippen LogP) is 4.18. The van der Waals surface area contributed by atoms with Crippen molar-refractivity contribution in [3.05, 3.63) is 41.0 Å². The number of hydrogen-bond donors (Lipinski definition) is 1. The number of aryl methyl sites for hydroxylation is 1. The van der Waals surface area contributed by atoms with Crippen LogP contribution in [0, 0.1) is 6.92 Å². The Hall–Kier alpha value is -1.19. The van der Waals surface area contributed by atoms with Crippen molar-refractivity contribution >= 4 is 11.3 Å². The van der Waals surface area contributed by atoms with E-state index in [2.05, 4.69) is 49.3 Å². The van der Waals surface area contributed by atoms with E-state index in [1.807, 2.05) is 23.7 Å². The molecule has 0 fully saturated rings. The Morgan fingerprint density at radius 1 is 1.33 bits per heavy atom. The third-order valence-electron chi connectivity index (χ3n) is 2.91. The van der Waals surface area contributed by atoms with Gasteiger partial charge in [0.2, 0.25) is 0 Å². The normalized spacial score (nSPS) is 12.6. The molecule has 2 aromatic heterocycles. The van der Waals surface area contributed by atoms with E-state index in [4.69, 9.17) is 0 Å². The largest absolute Gasteiger partial charge is 0.309 e. The Balaban J connectivity index is 2.15. The summed E-state index contributed by atoms with van der Waals surface area (Å²) in [6.45, 7) is 7.56. The van der Waals surface area contributed by atoms with Gasteiger partial charge in [-0.1, -0.05) is 6.92 Å². The first-order valence-electron chi connectivity index (χ1n) is 6.46. The minimum Gasteiger partial charge on any atom is -0.309 e. The summed E-state index contributed by atoms with van der Waals surface area (Å²) >= 11 is 1.85. The second kappa shape index (κ2) is 6.12. The Morgan fingerprint density at radius 3 is 2.89 bits per heavy atom. The van der Waals surface area contributed by atoms with E-state index >= 15 is 0 Å². The quantitative estimate of drug-likeness (QED) is 0.872. The molecule has 0 amide bonds. The Kier molecular flexibility index (Phi) is 4.50. The minimum absolute atomic E-state index is 0.432. The van der Waals surface area contributed by atoms with Crippen molar-refractivity contribution in [1.82, 2.24) is 10.3 Å². The highest BCUT2D eigenvalue weighted by Gasteiger charge is 2.09. The van der Waals surface area contributed by atoms with Crippen LogP contribution in [0.5, 0.6) is 0 Å².